The van der Waals surface area contributed by atoms with E-state index in [4.69, 9.17) is 9.47 Å². The standard InChI is InChI=1S/C18H22N2O5/c1-24-11-16(22)19-9-13-8-14(18(23)25-2)17(20(13)15(21)10-19)12-6-4-3-5-7-12/h3-7,13-14,17H,8-11H2,1-2H3/t13-,14-,17-/m0/s1. The Hall–Kier alpha value is -2.41. The molecule has 2 aliphatic rings. The van der Waals surface area contributed by atoms with E-state index in [9.17, 15) is 14.4 Å². The van der Waals surface area contributed by atoms with Gasteiger partial charge in [-0.1, -0.05) is 30.3 Å². The molecule has 25 heavy (non-hydrogen) atoms. The molecule has 2 fully saturated rings. The van der Waals surface area contributed by atoms with Crippen LogP contribution in [0.5, 0.6) is 0 Å². The van der Waals surface area contributed by atoms with Gasteiger partial charge in [-0.3, -0.25) is 14.4 Å². The predicted molar refractivity (Wildman–Crippen MR) is 88.4 cm³/mol. The summed E-state index contributed by atoms with van der Waals surface area (Å²) >= 11 is 0. The van der Waals surface area contributed by atoms with E-state index in [0.717, 1.165) is 5.56 Å². The zero-order chi connectivity index (χ0) is 18.0. The number of methoxy groups -OCH3 is 2. The van der Waals surface area contributed by atoms with Crippen molar-refractivity contribution in [3.8, 4) is 0 Å². The second-order valence-electron chi connectivity index (χ2n) is 6.38. The van der Waals surface area contributed by atoms with Gasteiger partial charge in [0.1, 0.15) is 6.61 Å². The van der Waals surface area contributed by atoms with E-state index in [1.54, 1.807) is 4.90 Å². The SMILES string of the molecule is COCC(=O)N1CC(=O)N2[C@@H](C[C@H](C(=O)OC)[C@@H]2c2ccccc2)C1. The molecule has 0 aromatic heterocycles. The van der Waals surface area contributed by atoms with Crippen LogP contribution in [0.15, 0.2) is 30.3 Å². The first kappa shape index (κ1) is 17.4. The molecule has 2 heterocycles. The van der Waals surface area contributed by atoms with Crippen LogP contribution in [0.3, 0.4) is 0 Å². The summed E-state index contributed by atoms with van der Waals surface area (Å²) in [5.41, 5.74) is 0.908. The van der Waals surface area contributed by atoms with E-state index in [1.807, 2.05) is 30.3 Å². The van der Waals surface area contributed by atoms with E-state index < -0.39 is 5.92 Å². The Balaban J connectivity index is 1.90. The molecule has 2 saturated heterocycles. The summed E-state index contributed by atoms with van der Waals surface area (Å²) in [5.74, 6) is -1.13. The maximum atomic E-state index is 12.8. The molecule has 7 heteroatoms. The number of nitrogens with zero attached hydrogens (tertiary/aromatic N) is 2. The Kier molecular flexibility index (Phi) is 5.03. The molecule has 0 saturated carbocycles. The number of esters is 1. The third-order valence-corrected chi connectivity index (χ3v) is 4.91. The Morgan fingerprint density at radius 1 is 1.20 bits per heavy atom. The van der Waals surface area contributed by atoms with Crippen molar-refractivity contribution in [1.82, 2.24) is 9.80 Å². The summed E-state index contributed by atoms with van der Waals surface area (Å²) < 4.78 is 9.84. The molecule has 0 N–H and O–H groups in total. The second kappa shape index (κ2) is 7.23. The predicted octanol–water partition coefficient (Wildman–Crippen LogP) is 0.606. The number of ether oxygens (including phenoxy) is 2. The molecule has 3 atom stereocenters. The van der Waals surface area contributed by atoms with Crippen LogP contribution in [0, 0.1) is 5.92 Å². The van der Waals surface area contributed by atoms with Crippen molar-refractivity contribution in [3.63, 3.8) is 0 Å². The number of piperazine rings is 1. The third-order valence-electron chi connectivity index (χ3n) is 4.91. The molecular formula is C18H22N2O5. The molecule has 0 bridgehead atoms. The van der Waals surface area contributed by atoms with Crippen molar-refractivity contribution in [2.45, 2.75) is 18.5 Å². The maximum absolute atomic E-state index is 12.8. The van der Waals surface area contributed by atoms with E-state index in [-0.39, 0.29) is 43.0 Å². The topological polar surface area (TPSA) is 76.2 Å². The highest BCUT2D eigenvalue weighted by molar-refractivity contribution is 5.88. The largest absolute Gasteiger partial charge is 0.469 e. The quantitative estimate of drug-likeness (QED) is 0.747. The molecular weight excluding hydrogens is 324 g/mol. The number of rotatable bonds is 4. The summed E-state index contributed by atoms with van der Waals surface area (Å²) in [6, 6.07) is 8.95. The van der Waals surface area contributed by atoms with Gasteiger partial charge in [-0.05, 0) is 12.0 Å². The first-order valence-corrected chi connectivity index (χ1v) is 8.27. The summed E-state index contributed by atoms with van der Waals surface area (Å²) in [7, 11) is 2.81. The van der Waals surface area contributed by atoms with E-state index >= 15 is 0 Å². The number of carbonyl (C=O) groups is 3. The van der Waals surface area contributed by atoms with Crippen LogP contribution in [-0.4, -0.2) is 67.5 Å². The normalized spacial score (nSPS) is 25.7. The van der Waals surface area contributed by atoms with Crippen LogP contribution in [0.2, 0.25) is 0 Å². The Morgan fingerprint density at radius 3 is 2.56 bits per heavy atom. The molecule has 0 spiro atoms. The minimum atomic E-state index is -0.432. The summed E-state index contributed by atoms with van der Waals surface area (Å²) in [6.45, 7) is 0.364. The molecule has 0 unspecified atom stereocenters. The van der Waals surface area contributed by atoms with Crippen molar-refractivity contribution >= 4 is 17.8 Å². The summed E-state index contributed by atoms with van der Waals surface area (Å²) in [4.78, 5) is 40.4. The third kappa shape index (κ3) is 3.24. The van der Waals surface area contributed by atoms with Gasteiger partial charge in [-0.15, -0.1) is 0 Å². The monoisotopic (exact) mass is 346 g/mol. The Bertz CT molecular complexity index is 663. The number of carbonyl (C=O) groups excluding carboxylic acids is 3. The number of fused-ring (bicyclic) bond motifs is 1. The molecule has 134 valence electrons. The first-order valence-electron chi connectivity index (χ1n) is 8.27. The van der Waals surface area contributed by atoms with Crippen molar-refractivity contribution in [1.29, 1.82) is 0 Å². The van der Waals surface area contributed by atoms with Gasteiger partial charge in [0.2, 0.25) is 11.8 Å². The molecule has 0 aliphatic carbocycles. The van der Waals surface area contributed by atoms with Gasteiger partial charge in [0, 0.05) is 13.7 Å². The lowest BCUT2D eigenvalue weighted by Crippen LogP contribution is -2.56. The lowest BCUT2D eigenvalue weighted by molar-refractivity contribution is -0.152. The van der Waals surface area contributed by atoms with Gasteiger partial charge in [-0.25, -0.2) is 0 Å². The van der Waals surface area contributed by atoms with Crippen LogP contribution in [0.25, 0.3) is 0 Å². The Labute approximate surface area is 146 Å². The lowest BCUT2D eigenvalue weighted by Gasteiger charge is -2.40. The highest BCUT2D eigenvalue weighted by atomic mass is 16.5. The molecule has 1 aromatic carbocycles. The minimum absolute atomic E-state index is 0.00984. The number of hydrogen-bond donors (Lipinski definition) is 0. The average Bonchev–Trinajstić information content (AvgIpc) is 3.02. The fourth-order valence-corrected chi connectivity index (χ4v) is 3.87. The highest BCUT2D eigenvalue weighted by Crippen LogP contribution is 2.43. The number of amides is 2. The summed E-state index contributed by atoms with van der Waals surface area (Å²) in [6.07, 6.45) is 0.481. The van der Waals surface area contributed by atoms with E-state index in [2.05, 4.69) is 0 Å². The van der Waals surface area contributed by atoms with Gasteiger partial charge in [0.25, 0.3) is 0 Å². The van der Waals surface area contributed by atoms with Crippen molar-refractivity contribution in [2.24, 2.45) is 5.92 Å². The molecule has 0 radical (unpaired) electrons. The Morgan fingerprint density at radius 2 is 1.92 bits per heavy atom. The van der Waals surface area contributed by atoms with Crippen molar-refractivity contribution in [3.05, 3.63) is 35.9 Å². The highest BCUT2D eigenvalue weighted by Gasteiger charge is 2.51. The van der Waals surface area contributed by atoms with Crippen molar-refractivity contribution < 1.29 is 23.9 Å². The molecule has 2 aliphatic heterocycles. The van der Waals surface area contributed by atoms with Gasteiger partial charge >= 0.3 is 5.97 Å². The average molecular weight is 346 g/mol. The van der Waals surface area contributed by atoms with Crippen LogP contribution in [0.4, 0.5) is 0 Å². The van der Waals surface area contributed by atoms with Crippen LogP contribution >= 0.6 is 0 Å². The fourth-order valence-electron chi connectivity index (χ4n) is 3.87. The maximum Gasteiger partial charge on any atom is 0.311 e. The minimum Gasteiger partial charge on any atom is -0.469 e. The van der Waals surface area contributed by atoms with Gasteiger partial charge in [-0.2, -0.15) is 0 Å². The van der Waals surface area contributed by atoms with Crippen LogP contribution in [-0.2, 0) is 23.9 Å². The lowest BCUT2D eigenvalue weighted by atomic mass is 9.93. The molecule has 2 amide bonds. The van der Waals surface area contributed by atoms with E-state index in [0.29, 0.717) is 13.0 Å². The molecule has 7 nitrogen and oxygen atoms in total. The van der Waals surface area contributed by atoms with E-state index in [1.165, 1.54) is 19.1 Å². The second-order valence-corrected chi connectivity index (χ2v) is 6.38. The van der Waals surface area contributed by atoms with Crippen LogP contribution in [0.1, 0.15) is 18.0 Å². The smallest absolute Gasteiger partial charge is 0.311 e. The number of hydrogen-bond acceptors (Lipinski definition) is 5. The summed E-state index contributed by atoms with van der Waals surface area (Å²) in [5, 5.41) is 0. The zero-order valence-corrected chi connectivity index (χ0v) is 14.4. The van der Waals surface area contributed by atoms with Gasteiger partial charge in [0.05, 0.1) is 31.7 Å². The van der Waals surface area contributed by atoms with Crippen molar-refractivity contribution in [2.75, 3.05) is 33.9 Å². The molecule has 1 aromatic rings. The first-order chi connectivity index (χ1) is 12.1. The molecule has 3 rings (SSSR count). The number of benzene rings is 1. The fraction of sp³-hybridized carbons (Fsp3) is 0.500. The van der Waals surface area contributed by atoms with Gasteiger partial charge < -0.3 is 19.3 Å². The van der Waals surface area contributed by atoms with Crippen LogP contribution < -0.4 is 0 Å². The zero-order valence-electron chi connectivity index (χ0n) is 14.4. The van der Waals surface area contributed by atoms with Gasteiger partial charge in [0.15, 0.2) is 0 Å².